The maximum atomic E-state index is 14.3. The lowest BCUT2D eigenvalue weighted by Gasteiger charge is -2.14. The molecule has 6 heteroatoms. The highest BCUT2D eigenvalue weighted by molar-refractivity contribution is 6.32. The monoisotopic (exact) mass is 322 g/mol. The molecule has 0 fully saturated rings. The van der Waals surface area contributed by atoms with E-state index in [-0.39, 0.29) is 16.7 Å². The van der Waals surface area contributed by atoms with E-state index in [0.717, 1.165) is 0 Å². The molecule has 0 spiro atoms. The average Bonchev–Trinajstić information content (AvgIpc) is 2.48. The van der Waals surface area contributed by atoms with Crippen LogP contribution in [-0.2, 0) is 0 Å². The van der Waals surface area contributed by atoms with Crippen molar-refractivity contribution in [1.29, 1.82) is 0 Å². The van der Waals surface area contributed by atoms with Gasteiger partial charge in [-0.15, -0.1) is 0 Å². The number of ether oxygens (including phenoxy) is 2. The number of nitrogens with zero attached hydrogens (tertiary/aromatic N) is 2. The van der Waals surface area contributed by atoms with E-state index in [0.29, 0.717) is 22.9 Å². The van der Waals surface area contributed by atoms with Crippen LogP contribution in [0.1, 0.15) is 19.4 Å². The van der Waals surface area contributed by atoms with Crippen LogP contribution in [0.15, 0.2) is 25.0 Å². The summed E-state index contributed by atoms with van der Waals surface area (Å²) in [6, 6.07) is 2.72. The van der Waals surface area contributed by atoms with Crippen molar-refractivity contribution in [2.24, 2.45) is 0 Å². The minimum absolute atomic E-state index is 0.0883. The molecule has 2 rings (SSSR count). The van der Waals surface area contributed by atoms with Crippen molar-refractivity contribution >= 4 is 17.7 Å². The molecule has 0 saturated heterocycles. The van der Waals surface area contributed by atoms with Gasteiger partial charge < -0.3 is 9.47 Å². The third-order valence-corrected chi connectivity index (χ3v) is 3.18. The molecule has 1 aromatic heterocycles. The quantitative estimate of drug-likeness (QED) is 0.819. The first-order valence-corrected chi connectivity index (χ1v) is 7.03. The predicted octanol–water partition coefficient (Wildman–Crippen LogP) is 4.37. The van der Waals surface area contributed by atoms with Gasteiger partial charge in [0.15, 0.2) is 0 Å². The van der Waals surface area contributed by atoms with E-state index >= 15 is 0 Å². The fraction of sp³-hybridized carbons (Fsp3) is 0.250. The van der Waals surface area contributed by atoms with Gasteiger partial charge in [-0.3, -0.25) is 0 Å². The molecule has 22 heavy (non-hydrogen) atoms. The highest BCUT2D eigenvalue weighted by Crippen LogP contribution is 2.36. The lowest BCUT2D eigenvalue weighted by molar-refractivity contribution is 0.242. The highest BCUT2D eigenvalue weighted by Gasteiger charge is 2.18. The van der Waals surface area contributed by atoms with Crippen molar-refractivity contribution in [3.05, 3.63) is 41.4 Å². The normalized spacial score (nSPS) is 10.6. The lowest BCUT2D eigenvalue weighted by atomic mass is 10.1. The van der Waals surface area contributed by atoms with E-state index in [4.69, 9.17) is 21.1 Å². The van der Waals surface area contributed by atoms with Crippen molar-refractivity contribution in [3.8, 4) is 22.9 Å². The van der Waals surface area contributed by atoms with Gasteiger partial charge in [-0.25, -0.2) is 14.4 Å². The molecule has 0 aliphatic heterocycles. The Morgan fingerprint density at radius 1 is 1.32 bits per heavy atom. The molecule has 1 heterocycles. The Kier molecular flexibility index (Phi) is 4.98. The molecular weight excluding hydrogens is 307 g/mol. The average molecular weight is 323 g/mol. The van der Waals surface area contributed by atoms with Crippen LogP contribution >= 0.6 is 11.6 Å². The van der Waals surface area contributed by atoms with Crippen LogP contribution in [0, 0.1) is 5.82 Å². The Labute approximate surface area is 133 Å². The van der Waals surface area contributed by atoms with Crippen LogP contribution in [0.5, 0.6) is 11.6 Å². The first kappa shape index (κ1) is 16.2. The van der Waals surface area contributed by atoms with Crippen molar-refractivity contribution < 1.29 is 13.9 Å². The number of aromatic nitrogens is 2. The molecule has 0 aliphatic rings. The predicted molar refractivity (Wildman–Crippen MR) is 84.8 cm³/mol. The zero-order chi connectivity index (χ0) is 16.3. The largest absolute Gasteiger partial charge is 0.489 e. The van der Waals surface area contributed by atoms with E-state index in [1.54, 1.807) is 0 Å². The molecule has 0 unspecified atom stereocenters. The molecule has 2 aromatic rings. The van der Waals surface area contributed by atoms with Gasteiger partial charge in [0.05, 0.1) is 29.5 Å². The zero-order valence-corrected chi connectivity index (χ0v) is 13.3. The molecule has 0 atom stereocenters. The van der Waals surface area contributed by atoms with E-state index in [9.17, 15) is 4.39 Å². The van der Waals surface area contributed by atoms with Crippen LogP contribution in [0.2, 0.25) is 5.02 Å². The van der Waals surface area contributed by atoms with E-state index < -0.39 is 5.82 Å². The second-order valence-electron chi connectivity index (χ2n) is 4.78. The minimum atomic E-state index is -0.509. The van der Waals surface area contributed by atoms with Crippen molar-refractivity contribution in [2.75, 3.05) is 7.11 Å². The van der Waals surface area contributed by atoms with Gasteiger partial charge in [0, 0.05) is 5.56 Å². The summed E-state index contributed by atoms with van der Waals surface area (Å²) in [5, 5.41) is 0.205. The smallest absolute Gasteiger partial charge is 0.224 e. The van der Waals surface area contributed by atoms with Crippen LogP contribution in [0.4, 0.5) is 4.39 Å². The Morgan fingerprint density at radius 2 is 2.05 bits per heavy atom. The summed E-state index contributed by atoms with van der Waals surface area (Å²) in [4.78, 5) is 8.13. The lowest BCUT2D eigenvalue weighted by Crippen LogP contribution is -2.06. The molecule has 1 aromatic carbocycles. The van der Waals surface area contributed by atoms with E-state index in [1.165, 1.54) is 31.6 Å². The summed E-state index contributed by atoms with van der Waals surface area (Å²) in [6.45, 7) is 7.43. The van der Waals surface area contributed by atoms with Gasteiger partial charge in [-0.2, -0.15) is 0 Å². The molecule has 0 bridgehead atoms. The van der Waals surface area contributed by atoms with Crippen molar-refractivity contribution in [2.45, 2.75) is 20.0 Å². The summed E-state index contributed by atoms with van der Waals surface area (Å²) < 4.78 is 25.1. The first-order chi connectivity index (χ1) is 10.5. The summed E-state index contributed by atoms with van der Waals surface area (Å²) in [5.41, 5.74) is 1.11. The SMILES string of the molecule is C=Cc1c(OC)ncnc1-c1cc(OC(C)C)c(Cl)cc1F. The number of benzene rings is 1. The third kappa shape index (κ3) is 3.20. The maximum Gasteiger partial charge on any atom is 0.224 e. The molecule has 0 N–H and O–H groups in total. The highest BCUT2D eigenvalue weighted by atomic mass is 35.5. The Hall–Kier alpha value is -2.14. The zero-order valence-electron chi connectivity index (χ0n) is 12.6. The van der Waals surface area contributed by atoms with Crippen LogP contribution < -0.4 is 9.47 Å². The number of hydrogen-bond donors (Lipinski definition) is 0. The number of hydrogen-bond acceptors (Lipinski definition) is 4. The van der Waals surface area contributed by atoms with Crippen LogP contribution in [0.3, 0.4) is 0 Å². The molecule has 116 valence electrons. The van der Waals surface area contributed by atoms with Crippen LogP contribution in [0.25, 0.3) is 17.3 Å². The van der Waals surface area contributed by atoms with E-state index in [1.807, 2.05) is 13.8 Å². The first-order valence-electron chi connectivity index (χ1n) is 6.65. The van der Waals surface area contributed by atoms with E-state index in [2.05, 4.69) is 16.5 Å². The summed E-state index contributed by atoms with van der Waals surface area (Å²) >= 11 is 6.02. The maximum absolute atomic E-state index is 14.3. The minimum Gasteiger partial charge on any atom is -0.489 e. The number of halogens is 2. The van der Waals surface area contributed by atoms with Gasteiger partial charge in [-0.05, 0) is 26.0 Å². The molecule has 0 aliphatic carbocycles. The molecule has 4 nitrogen and oxygen atoms in total. The summed E-state index contributed by atoms with van der Waals surface area (Å²) in [5.74, 6) is 0.200. The molecule has 0 saturated carbocycles. The van der Waals surface area contributed by atoms with Crippen molar-refractivity contribution in [3.63, 3.8) is 0 Å². The van der Waals surface area contributed by atoms with Crippen LogP contribution in [-0.4, -0.2) is 23.2 Å². The topological polar surface area (TPSA) is 44.2 Å². The third-order valence-electron chi connectivity index (χ3n) is 2.88. The molecule has 0 radical (unpaired) electrons. The van der Waals surface area contributed by atoms with Gasteiger partial charge in [-0.1, -0.05) is 24.3 Å². The molecule has 0 amide bonds. The number of methoxy groups -OCH3 is 1. The Morgan fingerprint density at radius 3 is 2.64 bits per heavy atom. The van der Waals surface area contributed by atoms with Gasteiger partial charge in [0.1, 0.15) is 17.9 Å². The fourth-order valence-electron chi connectivity index (χ4n) is 2.00. The fourth-order valence-corrected chi connectivity index (χ4v) is 2.19. The van der Waals surface area contributed by atoms with Gasteiger partial charge in [0.25, 0.3) is 0 Å². The second kappa shape index (κ2) is 6.75. The number of rotatable bonds is 5. The van der Waals surface area contributed by atoms with Gasteiger partial charge in [0.2, 0.25) is 5.88 Å². The molecular formula is C16H16ClFN2O2. The summed E-state index contributed by atoms with van der Waals surface area (Å²) in [6.07, 6.45) is 2.73. The van der Waals surface area contributed by atoms with Crippen molar-refractivity contribution in [1.82, 2.24) is 9.97 Å². The van der Waals surface area contributed by atoms with Gasteiger partial charge >= 0.3 is 0 Å². The Balaban J connectivity index is 2.64. The standard InChI is InChI=1S/C16H16ClFN2O2/c1-5-10-15(19-8-20-16(10)21-4)11-6-14(22-9(2)3)12(17)7-13(11)18/h5-9H,1H2,2-4H3. The second-order valence-corrected chi connectivity index (χ2v) is 5.19. The Bertz CT molecular complexity index is 705. The summed E-state index contributed by atoms with van der Waals surface area (Å²) in [7, 11) is 1.48.